The van der Waals surface area contributed by atoms with Crippen molar-refractivity contribution in [3.63, 3.8) is 0 Å². The molecule has 1 aromatic heterocycles. The lowest BCUT2D eigenvalue weighted by molar-refractivity contribution is -0.147. The number of carboxylic acids is 1. The second-order valence-corrected chi connectivity index (χ2v) is 4.99. The lowest BCUT2D eigenvalue weighted by atomic mass is 9.68. The van der Waals surface area contributed by atoms with Gasteiger partial charge in [-0.15, -0.1) is 11.3 Å². The minimum Gasteiger partial charge on any atom is -0.481 e. The average Bonchev–Trinajstić information content (AvgIpc) is 2.48. The van der Waals surface area contributed by atoms with Crippen LogP contribution in [-0.2, 0) is 16.4 Å². The van der Waals surface area contributed by atoms with Crippen LogP contribution in [0.3, 0.4) is 0 Å². The molecule has 1 saturated carbocycles. The number of alkyl halides is 3. The van der Waals surface area contributed by atoms with Crippen LogP contribution in [0, 0.1) is 0 Å². The van der Waals surface area contributed by atoms with Gasteiger partial charge in [-0.2, -0.15) is 13.2 Å². The third-order valence-corrected chi connectivity index (χ3v) is 4.31. The Morgan fingerprint density at radius 2 is 2.00 bits per heavy atom. The molecule has 1 aromatic rings. The molecule has 1 aliphatic carbocycles. The second-order valence-electron chi connectivity index (χ2n) is 3.90. The van der Waals surface area contributed by atoms with Crippen LogP contribution in [0.4, 0.5) is 13.2 Å². The summed E-state index contributed by atoms with van der Waals surface area (Å²) in [6.45, 7) is 0. The highest BCUT2D eigenvalue weighted by Crippen LogP contribution is 2.48. The summed E-state index contributed by atoms with van der Waals surface area (Å²) in [6, 6.07) is 2.25. The number of carboxylic acid groups (broad SMARTS) is 1. The molecule has 2 rings (SSSR count). The Morgan fingerprint density at radius 3 is 2.31 bits per heavy atom. The molecule has 1 fully saturated rings. The standard InChI is InChI=1S/C10H9F3O2S/c11-10(12,13)7-3-2-6(16-7)9(8(14)15)4-1-5-9/h2-3H,1,4-5H2,(H,14,15). The van der Waals surface area contributed by atoms with Crippen molar-refractivity contribution in [1.82, 2.24) is 0 Å². The number of hydrogen-bond donors (Lipinski definition) is 1. The lowest BCUT2D eigenvalue weighted by Crippen LogP contribution is -2.41. The van der Waals surface area contributed by atoms with Crippen LogP contribution in [-0.4, -0.2) is 11.1 Å². The molecule has 0 amide bonds. The van der Waals surface area contributed by atoms with E-state index in [9.17, 15) is 18.0 Å². The van der Waals surface area contributed by atoms with E-state index in [1.54, 1.807) is 0 Å². The van der Waals surface area contributed by atoms with Crippen molar-refractivity contribution in [2.75, 3.05) is 0 Å². The molecule has 88 valence electrons. The first-order chi connectivity index (χ1) is 7.36. The normalized spacial score (nSPS) is 19.2. The Hall–Kier alpha value is -1.04. The molecule has 0 aromatic carbocycles. The molecule has 0 bridgehead atoms. The summed E-state index contributed by atoms with van der Waals surface area (Å²) in [7, 11) is 0. The molecule has 6 heteroatoms. The zero-order valence-electron chi connectivity index (χ0n) is 8.17. The van der Waals surface area contributed by atoms with Gasteiger partial charge in [0, 0.05) is 4.88 Å². The molecule has 0 saturated heterocycles. The van der Waals surface area contributed by atoms with Gasteiger partial charge in [0.2, 0.25) is 0 Å². The van der Waals surface area contributed by atoms with Gasteiger partial charge < -0.3 is 5.11 Å². The fourth-order valence-corrected chi connectivity index (χ4v) is 2.96. The van der Waals surface area contributed by atoms with Crippen LogP contribution < -0.4 is 0 Å². The fraction of sp³-hybridized carbons (Fsp3) is 0.500. The average molecular weight is 250 g/mol. The second kappa shape index (κ2) is 3.48. The molecule has 1 aliphatic rings. The van der Waals surface area contributed by atoms with Crippen molar-refractivity contribution in [3.8, 4) is 0 Å². The number of rotatable bonds is 2. The van der Waals surface area contributed by atoms with Crippen LogP contribution in [0.2, 0.25) is 0 Å². The topological polar surface area (TPSA) is 37.3 Å². The van der Waals surface area contributed by atoms with Crippen LogP contribution in [0.1, 0.15) is 29.0 Å². The van der Waals surface area contributed by atoms with Crippen molar-refractivity contribution in [2.45, 2.75) is 30.9 Å². The van der Waals surface area contributed by atoms with Gasteiger partial charge in [0.25, 0.3) is 0 Å². The van der Waals surface area contributed by atoms with E-state index in [4.69, 9.17) is 5.11 Å². The van der Waals surface area contributed by atoms with Crippen LogP contribution in [0.5, 0.6) is 0 Å². The van der Waals surface area contributed by atoms with E-state index in [2.05, 4.69) is 0 Å². The SMILES string of the molecule is O=C(O)C1(c2ccc(C(F)(F)F)s2)CCC1. The first-order valence-electron chi connectivity index (χ1n) is 4.77. The molecule has 1 heterocycles. The summed E-state index contributed by atoms with van der Waals surface area (Å²) in [4.78, 5) is 10.7. The zero-order chi connectivity index (χ0) is 12.0. The highest BCUT2D eigenvalue weighted by Gasteiger charge is 2.48. The smallest absolute Gasteiger partial charge is 0.425 e. The number of aliphatic carboxylic acids is 1. The van der Waals surface area contributed by atoms with Crippen LogP contribution in [0.25, 0.3) is 0 Å². The monoisotopic (exact) mass is 250 g/mol. The summed E-state index contributed by atoms with van der Waals surface area (Å²) in [5.74, 6) is -1.02. The summed E-state index contributed by atoms with van der Waals surface area (Å²) >= 11 is 0.545. The van der Waals surface area contributed by atoms with Crippen LogP contribution in [0.15, 0.2) is 12.1 Å². The number of hydrogen-bond acceptors (Lipinski definition) is 2. The summed E-state index contributed by atoms with van der Waals surface area (Å²) in [6.07, 6.45) is -2.77. The Morgan fingerprint density at radius 1 is 1.38 bits per heavy atom. The molecule has 0 radical (unpaired) electrons. The maximum Gasteiger partial charge on any atom is 0.425 e. The molecule has 2 nitrogen and oxygen atoms in total. The Labute approximate surface area is 93.7 Å². The first kappa shape index (κ1) is 11.4. The number of halogens is 3. The van der Waals surface area contributed by atoms with E-state index < -0.39 is 22.4 Å². The molecule has 16 heavy (non-hydrogen) atoms. The van der Waals surface area contributed by atoms with Gasteiger partial charge in [-0.25, -0.2) is 0 Å². The van der Waals surface area contributed by atoms with E-state index in [1.165, 1.54) is 6.07 Å². The summed E-state index contributed by atoms with van der Waals surface area (Å²) < 4.78 is 37.1. The highest BCUT2D eigenvalue weighted by atomic mass is 32.1. The predicted octanol–water partition coefficient (Wildman–Crippen LogP) is 3.27. The van der Waals surface area contributed by atoms with Crippen LogP contribution >= 0.6 is 11.3 Å². The van der Waals surface area contributed by atoms with Crippen molar-refractivity contribution in [1.29, 1.82) is 0 Å². The minimum absolute atomic E-state index is 0.318. The fourth-order valence-electron chi connectivity index (χ4n) is 1.84. The highest BCUT2D eigenvalue weighted by molar-refractivity contribution is 7.12. The third kappa shape index (κ3) is 1.61. The van der Waals surface area contributed by atoms with Gasteiger partial charge in [-0.1, -0.05) is 6.42 Å². The Kier molecular flexibility index (Phi) is 2.49. The van der Waals surface area contributed by atoms with Crippen molar-refractivity contribution >= 4 is 17.3 Å². The predicted molar refractivity (Wildman–Crippen MR) is 52.5 cm³/mol. The summed E-state index contributed by atoms with van der Waals surface area (Å²) in [5, 5.41) is 9.07. The van der Waals surface area contributed by atoms with Gasteiger partial charge in [0.05, 0.1) is 0 Å². The summed E-state index contributed by atoms with van der Waals surface area (Å²) in [5.41, 5.74) is -1.06. The minimum atomic E-state index is -4.38. The largest absolute Gasteiger partial charge is 0.481 e. The van der Waals surface area contributed by atoms with E-state index in [-0.39, 0.29) is 0 Å². The van der Waals surface area contributed by atoms with Gasteiger partial charge in [0.1, 0.15) is 10.3 Å². The molecule has 0 unspecified atom stereocenters. The zero-order valence-corrected chi connectivity index (χ0v) is 8.99. The third-order valence-electron chi connectivity index (χ3n) is 2.97. The van der Waals surface area contributed by atoms with Crippen molar-refractivity contribution in [2.24, 2.45) is 0 Å². The first-order valence-corrected chi connectivity index (χ1v) is 5.59. The maximum atomic E-state index is 12.4. The molecule has 0 atom stereocenters. The van der Waals surface area contributed by atoms with Gasteiger partial charge >= 0.3 is 12.1 Å². The Bertz CT molecular complexity index is 418. The van der Waals surface area contributed by atoms with E-state index >= 15 is 0 Å². The van der Waals surface area contributed by atoms with E-state index in [0.717, 1.165) is 12.5 Å². The van der Waals surface area contributed by atoms with E-state index in [1.807, 2.05) is 0 Å². The van der Waals surface area contributed by atoms with Crippen molar-refractivity contribution < 1.29 is 23.1 Å². The molecule has 1 N–H and O–H groups in total. The number of thiophene rings is 1. The van der Waals surface area contributed by atoms with Gasteiger partial charge in [-0.3, -0.25) is 4.79 Å². The Balaban J connectivity index is 2.35. The number of carbonyl (C=O) groups is 1. The maximum absolute atomic E-state index is 12.4. The van der Waals surface area contributed by atoms with Gasteiger partial charge in [0.15, 0.2) is 0 Å². The molecular weight excluding hydrogens is 241 g/mol. The molecule has 0 spiro atoms. The van der Waals surface area contributed by atoms with E-state index in [0.29, 0.717) is 29.1 Å². The molecule has 0 aliphatic heterocycles. The lowest BCUT2D eigenvalue weighted by Gasteiger charge is -2.36. The van der Waals surface area contributed by atoms with Gasteiger partial charge in [-0.05, 0) is 25.0 Å². The molecular formula is C10H9F3O2S. The van der Waals surface area contributed by atoms with Crippen molar-refractivity contribution in [3.05, 3.63) is 21.9 Å². The quantitative estimate of drug-likeness (QED) is 0.874.